The van der Waals surface area contributed by atoms with Crippen LogP contribution in [0, 0.1) is 5.92 Å². The molecule has 33 heavy (non-hydrogen) atoms. The fourth-order valence-corrected chi connectivity index (χ4v) is 5.73. The van der Waals surface area contributed by atoms with E-state index in [0.29, 0.717) is 29.8 Å². The SMILES string of the molecule is CC1CN(CC2CCN(C(=O)CSc3nncn3-c3ccc(C(C)C)cc3)CC2)CC(C)O1. The van der Waals surface area contributed by atoms with Crippen LogP contribution in [0.3, 0.4) is 0 Å². The number of aromatic nitrogens is 3. The zero-order valence-electron chi connectivity index (χ0n) is 20.3. The monoisotopic (exact) mass is 471 g/mol. The molecule has 0 bridgehead atoms. The second-order valence-electron chi connectivity index (χ2n) is 9.82. The highest BCUT2D eigenvalue weighted by molar-refractivity contribution is 7.99. The summed E-state index contributed by atoms with van der Waals surface area (Å²) in [7, 11) is 0. The van der Waals surface area contributed by atoms with Crippen LogP contribution in [-0.2, 0) is 9.53 Å². The molecule has 1 aromatic carbocycles. The van der Waals surface area contributed by atoms with Crippen molar-refractivity contribution >= 4 is 17.7 Å². The molecule has 0 aliphatic carbocycles. The smallest absolute Gasteiger partial charge is 0.233 e. The summed E-state index contributed by atoms with van der Waals surface area (Å²) in [5, 5.41) is 9.08. The largest absolute Gasteiger partial charge is 0.373 e. The molecule has 2 aromatic rings. The van der Waals surface area contributed by atoms with Crippen molar-refractivity contribution in [3.05, 3.63) is 36.2 Å². The summed E-state index contributed by atoms with van der Waals surface area (Å²) in [6.07, 6.45) is 4.49. The number of piperidine rings is 1. The molecule has 0 radical (unpaired) electrons. The third kappa shape index (κ3) is 6.37. The standard InChI is InChI=1S/C25H37N5O2S/c1-18(2)22-5-7-23(8-6-22)30-17-26-27-25(30)33-16-24(31)29-11-9-21(10-12-29)15-28-13-19(3)32-20(4)14-28/h5-8,17-21H,9-16H2,1-4H3. The molecule has 7 nitrogen and oxygen atoms in total. The third-order valence-electron chi connectivity index (χ3n) is 6.66. The lowest BCUT2D eigenvalue weighted by Crippen LogP contribution is -2.48. The van der Waals surface area contributed by atoms with Gasteiger partial charge in [-0.2, -0.15) is 0 Å². The van der Waals surface area contributed by atoms with Gasteiger partial charge < -0.3 is 9.64 Å². The molecule has 2 unspecified atom stereocenters. The molecule has 2 saturated heterocycles. The fourth-order valence-electron chi connectivity index (χ4n) is 4.90. The molecule has 2 aliphatic heterocycles. The molecule has 0 N–H and O–H groups in total. The Bertz CT molecular complexity index is 898. The van der Waals surface area contributed by atoms with Crippen molar-refractivity contribution in [2.75, 3.05) is 38.5 Å². The normalized spacial score (nSPS) is 22.8. The summed E-state index contributed by atoms with van der Waals surface area (Å²) in [6, 6.07) is 8.46. The summed E-state index contributed by atoms with van der Waals surface area (Å²) in [5.74, 6) is 1.75. The van der Waals surface area contributed by atoms with E-state index in [2.05, 4.69) is 67.1 Å². The molecular weight excluding hydrogens is 434 g/mol. The van der Waals surface area contributed by atoms with Gasteiger partial charge in [0.05, 0.1) is 18.0 Å². The van der Waals surface area contributed by atoms with Crippen molar-refractivity contribution in [3.8, 4) is 5.69 Å². The fraction of sp³-hybridized carbons (Fsp3) is 0.640. The number of likely N-dealkylation sites (tertiary alicyclic amines) is 1. The summed E-state index contributed by atoms with van der Waals surface area (Å²) < 4.78 is 7.81. The Labute approximate surface area is 201 Å². The Balaban J connectivity index is 1.25. The number of carbonyl (C=O) groups is 1. The van der Waals surface area contributed by atoms with Crippen LogP contribution in [0.1, 0.15) is 52.0 Å². The Morgan fingerprint density at radius 3 is 2.42 bits per heavy atom. The van der Waals surface area contributed by atoms with Gasteiger partial charge in [0.15, 0.2) is 5.16 Å². The van der Waals surface area contributed by atoms with Crippen LogP contribution in [0.2, 0.25) is 0 Å². The van der Waals surface area contributed by atoms with Crippen molar-refractivity contribution in [2.24, 2.45) is 5.92 Å². The summed E-state index contributed by atoms with van der Waals surface area (Å²) >= 11 is 1.47. The molecule has 2 aliphatic rings. The van der Waals surface area contributed by atoms with Crippen LogP contribution < -0.4 is 0 Å². The van der Waals surface area contributed by atoms with Gasteiger partial charge in [-0.1, -0.05) is 37.7 Å². The molecule has 1 aromatic heterocycles. The summed E-state index contributed by atoms with van der Waals surface area (Å²) in [6.45, 7) is 13.5. The zero-order chi connectivity index (χ0) is 23.4. The van der Waals surface area contributed by atoms with Gasteiger partial charge in [-0.3, -0.25) is 14.3 Å². The highest BCUT2D eigenvalue weighted by Gasteiger charge is 2.28. The van der Waals surface area contributed by atoms with Gasteiger partial charge in [-0.15, -0.1) is 10.2 Å². The molecule has 8 heteroatoms. The second-order valence-corrected chi connectivity index (χ2v) is 10.8. The van der Waals surface area contributed by atoms with Gasteiger partial charge in [0.1, 0.15) is 6.33 Å². The predicted molar refractivity (Wildman–Crippen MR) is 132 cm³/mol. The van der Waals surface area contributed by atoms with Crippen LogP contribution >= 0.6 is 11.8 Å². The number of hydrogen-bond donors (Lipinski definition) is 0. The number of carbonyl (C=O) groups excluding carboxylic acids is 1. The number of nitrogens with zero attached hydrogens (tertiary/aromatic N) is 5. The molecule has 0 saturated carbocycles. The van der Waals surface area contributed by atoms with E-state index in [1.54, 1.807) is 6.33 Å². The molecule has 1 amide bonds. The predicted octanol–water partition coefficient (Wildman–Crippen LogP) is 3.83. The first-order valence-corrected chi connectivity index (χ1v) is 13.2. The van der Waals surface area contributed by atoms with Crippen LogP contribution in [-0.4, -0.2) is 81.2 Å². The number of hydrogen-bond acceptors (Lipinski definition) is 6. The minimum atomic E-state index is 0.191. The van der Waals surface area contributed by atoms with E-state index in [9.17, 15) is 4.79 Å². The Morgan fingerprint density at radius 2 is 1.79 bits per heavy atom. The first-order chi connectivity index (χ1) is 15.9. The third-order valence-corrected chi connectivity index (χ3v) is 7.59. The number of rotatable bonds is 7. The van der Waals surface area contributed by atoms with Crippen molar-refractivity contribution in [1.29, 1.82) is 0 Å². The lowest BCUT2D eigenvalue weighted by molar-refractivity contribution is -0.130. The first-order valence-electron chi connectivity index (χ1n) is 12.2. The van der Waals surface area contributed by atoms with Crippen LogP contribution in [0.25, 0.3) is 5.69 Å². The highest BCUT2D eigenvalue weighted by atomic mass is 32.2. The van der Waals surface area contributed by atoms with Crippen LogP contribution in [0.15, 0.2) is 35.7 Å². The van der Waals surface area contributed by atoms with Gasteiger partial charge >= 0.3 is 0 Å². The van der Waals surface area contributed by atoms with Crippen LogP contribution in [0.4, 0.5) is 0 Å². The maximum Gasteiger partial charge on any atom is 0.233 e. The van der Waals surface area contributed by atoms with Crippen molar-refractivity contribution in [1.82, 2.24) is 24.6 Å². The van der Waals surface area contributed by atoms with Gasteiger partial charge in [0.2, 0.25) is 5.91 Å². The van der Waals surface area contributed by atoms with E-state index in [1.165, 1.54) is 17.3 Å². The minimum Gasteiger partial charge on any atom is -0.373 e. The van der Waals surface area contributed by atoms with Gasteiger partial charge in [-0.05, 0) is 56.2 Å². The molecule has 180 valence electrons. The average molecular weight is 472 g/mol. The maximum absolute atomic E-state index is 12.9. The number of ether oxygens (including phenoxy) is 1. The maximum atomic E-state index is 12.9. The highest BCUT2D eigenvalue weighted by Crippen LogP contribution is 2.24. The van der Waals surface area contributed by atoms with Gasteiger partial charge in [-0.25, -0.2) is 0 Å². The Kier molecular flexibility index (Phi) is 8.09. The number of morpholine rings is 1. The molecule has 4 rings (SSSR count). The van der Waals surface area contributed by atoms with E-state index >= 15 is 0 Å². The zero-order valence-corrected chi connectivity index (χ0v) is 21.1. The van der Waals surface area contributed by atoms with E-state index < -0.39 is 0 Å². The van der Waals surface area contributed by atoms with E-state index in [0.717, 1.165) is 56.4 Å². The molecule has 3 heterocycles. The van der Waals surface area contributed by atoms with E-state index in [-0.39, 0.29) is 5.91 Å². The van der Waals surface area contributed by atoms with E-state index in [1.807, 2.05) is 9.47 Å². The summed E-state index contributed by atoms with van der Waals surface area (Å²) in [5.41, 5.74) is 2.32. The quantitative estimate of drug-likeness (QED) is 0.572. The van der Waals surface area contributed by atoms with E-state index in [4.69, 9.17) is 4.74 Å². The number of thioether (sulfide) groups is 1. The topological polar surface area (TPSA) is 63.5 Å². The van der Waals surface area contributed by atoms with Crippen molar-refractivity contribution < 1.29 is 9.53 Å². The molecule has 2 atom stereocenters. The number of benzene rings is 1. The number of amides is 1. The Morgan fingerprint density at radius 1 is 1.12 bits per heavy atom. The summed E-state index contributed by atoms with van der Waals surface area (Å²) in [4.78, 5) is 17.4. The lowest BCUT2D eigenvalue weighted by atomic mass is 9.95. The molecular formula is C25H37N5O2S. The molecule has 0 spiro atoms. The van der Waals surface area contributed by atoms with Crippen molar-refractivity contribution in [2.45, 2.75) is 63.8 Å². The van der Waals surface area contributed by atoms with Crippen LogP contribution in [0.5, 0.6) is 0 Å². The Hall–Kier alpha value is -1.90. The van der Waals surface area contributed by atoms with Gasteiger partial charge in [0, 0.05) is 38.4 Å². The first kappa shape index (κ1) is 24.2. The van der Waals surface area contributed by atoms with Gasteiger partial charge in [0.25, 0.3) is 0 Å². The molecule has 2 fully saturated rings. The average Bonchev–Trinajstić information content (AvgIpc) is 3.26. The van der Waals surface area contributed by atoms with Crippen molar-refractivity contribution in [3.63, 3.8) is 0 Å². The lowest BCUT2D eigenvalue weighted by Gasteiger charge is -2.39. The second kappa shape index (κ2) is 11.0. The minimum absolute atomic E-state index is 0.191.